The fourth-order valence-corrected chi connectivity index (χ4v) is 3.50. The van der Waals surface area contributed by atoms with Crippen molar-refractivity contribution in [3.8, 4) is 0 Å². The van der Waals surface area contributed by atoms with E-state index in [4.69, 9.17) is 10.2 Å². The van der Waals surface area contributed by atoms with Gasteiger partial charge in [-0.3, -0.25) is 0 Å². The highest BCUT2D eigenvalue weighted by Gasteiger charge is 2.12. The molecule has 3 N–H and O–H groups in total. The zero-order chi connectivity index (χ0) is 22.4. The molecule has 0 spiro atoms. The molecule has 9 heteroatoms. The zero-order valence-corrected chi connectivity index (χ0v) is 17.5. The second-order valence-electron chi connectivity index (χ2n) is 6.15. The monoisotopic (exact) mass is 434 g/mol. The molecule has 0 aliphatic rings. The Morgan fingerprint density at radius 1 is 0.900 bits per heavy atom. The lowest BCUT2D eigenvalue weighted by molar-refractivity contribution is -0.134. The standard InChI is InChI=1S/C17H22N2O2S.C4H4O4/c1-19(16-8-4-2-5-9-16)14-12-18-13-15-22(20,21)17-10-6-3-7-11-17;5-3(6)1-2-4(7)8/h2-11,18H,12-15H2,1H3;1-2H,(H,5,6)(H,7,8). The molecule has 0 aliphatic carbocycles. The number of aliphatic carboxylic acids is 2. The first-order valence-corrected chi connectivity index (χ1v) is 10.8. The van der Waals surface area contributed by atoms with Crippen LogP contribution in [0.5, 0.6) is 0 Å². The highest BCUT2D eigenvalue weighted by atomic mass is 32.2. The van der Waals surface area contributed by atoms with Gasteiger partial charge in [0.15, 0.2) is 9.84 Å². The van der Waals surface area contributed by atoms with E-state index in [1.165, 1.54) is 0 Å². The summed E-state index contributed by atoms with van der Waals surface area (Å²) < 4.78 is 24.2. The molecule has 2 rings (SSSR count). The van der Waals surface area contributed by atoms with E-state index in [1.807, 2.05) is 31.3 Å². The number of para-hydroxylation sites is 1. The summed E-state index contributed by atoms with van der Waals surface area (Å²) in [4.78, 5) is 21.6. The first-order valence-electron chi connectivity index (χ1n) is 9.11. The van der Waals surface area contributed by atoms with Gasteiger partial charge in [0, 0.05) is 44.5 Å². The third-order valence-electron chi connectivity index (χ3n) is 3.84. The van der Waals surface area contributed by atoms with Gasteiger partial charge in [0.25, 0.3) is 0 Å². The Hall–Kier alpha value is -3.17. The molecule has 0 atom stereocenters. The van der Waals surface area contributed by atoms with Crippen molar-refractivity contribution < 1.29 is 28.2 Å². The van der Waals surface area contributed by atoms with Crippen molar-refractivity contribution >= 4 is 27.5 Å². The van der Waals surface area contributed by atoms with E-state index in [2.05, 4.69) is 22.3 Å². The fraction of sp³-hybridized carbons (Fsp3) is 0.238. The highest BCUT2D eigenvalue weighted by Crippen LogP contribution is 2.10. The van der Waals surface area contributed by atoms with E-state index in [0.717, 1.165) is 18.8 Å². The average molecular weight is 435 g/mol. The summed E-state index contributed by atoms with van der Waals surface area (Å²) in [7, 11) is -1.16. The number of carboxylic acids is 2. The minimum absolute atomic E-state index is 0.117. The molecule has 0 bridgehead atoms. The van der Waals surface area contributed by atoms with Gasteiger partial charge in [0.2, 0.25) is 0 Å². The number of hydrogen-bond donors (Lipinski definition) is 3. The Kier molecular flexibility index (Phi) is 10.9. The highest BCUT2D eigenvalue weighted by molar-refractivity contribution is 7.91. The molecule has 0 aliphatic heterocycles. The van der Waals surface area contributed by atoms with Gasteiger partial charge in [-0.25, -0.2) is 18.0 Å². The van der Waals surface area contributed by atoms with Crippen LogP contribution >= 0.6 is 0 Å². The number of nitrogens with one attached hydrogen (secondary N) is 1. The first kappa shape index (κ1) is 24.9. The summed E-state index contributed by atoms with van der Waals surface area (Å²) in [5, 5.41) is 18.8. The van der Waals surface area contributed by atoms with Gasteiger partial charge in [0.05, 0.1) is 10.6 Å². The third-order valence-corrected chi connectivity index (χ3v) is 5.57. The number of anilines is 1. The van der Waals surface area contributed by atoms with Gasteiger partial charge >= 0.3 is 11.9 Å². The van der Waals surface area contributed by atoms with Crippen LogP contribution in [-0.4, -0.2) is 63.0 Å². The van der Waals surface area contributed by atoms with Gasteiger partial charge < -0.3 is 20.4 Å². The van der Waals surface area contributed by atoms with Crippen molar-refractivity contribution in [2.24, 2.45) is 0 Å². The maximum absolute atomic E-state index is 12.1. The molecule has 0 saturated carbocycles. The van der Waals surface area contributed by atoms with Gasteiger partial charge in [-0.1, -0.05) is 36.4 Å². The van der Waals surface area contributed by atoms with Gasteiger partial charge in [-0.05, 0) is 24.3 Å². The largest absolute Gasteiger partial charge is 0.478 e. The molecule has 162 valence electrons. The van der Waals surface area contributed by atoms with Crippen LogP contribution in [0.15, 0.2) is 77.7 Å². The van der Waals surface area contributed by atoms with Crippen LogP contribution in [0.1, 0.15) is 0 Å². The van der Waals surface area contributed by atoms with E-state index in [0.29, 0.717) is 23.6 Å². The minimum atomic E-state index is -3.19. The normalized spacial score (nSPS) is 10.8. The molecule has 2 aromatic carbocycles. The smallest absolute Gasteiger partial charge is 0.328 e. The lowest BCUT2D eigenvalue weighted by atomic mass is 10.3. The van der Waals surface area contributed by atoms with Crippen molar-refractivity contribution in [2.45, 2.75) is 4.90 Å². The number of rotatable bonds is 10. The molecular weight excluding hydrogens is 408 g/mol. The summed E-state index contributed by atoms with van der Waals surface area (Å²) in [5.74, 6) is -2.40. The van der Waals surface area contributed by atoms with Crippen LogP contribution in [0.4, 0.5) is 5.69 Å². The van der Waals surface area contributed by atoms with Crippen LogP contribution in [-0.2, 0) is 19.4 Å². The first-order chi connectivity index (χ1) is 14.2. The number of carboxylic acid groups (broad SMARTS) is 2. The molecule has 8 nitrogen and oxygen atoms in total. The fourth-order valence-electron chi connectivity index (χ4n) is 2.28. The van der Waals surface area contributed by atoms with Crippen LogP contribution in [0.3, 0.4) is 0 Å². The molecule has 2 aromatic rings. The second kappa shape index (κ2) is 13.1. The molecule has 0 amide bonds. The average Bonchev–Trinajstić information content (AvgIpc) is 2.73. The summed E-state index contributed by atoms with van der Waals surface area (Å²) >= 11 is 0. The van der Waals surface area contributed by atoms with Crippen molar-refractivity contribution in [1.82, 2.24) is 5.32 Å². The Bertz CT molecular complexity index is 899. The van der Waals surface area contributed by atoms with Crippen LogP contribution in [0, 0.1) is 0 Å². The van der Waals surface area contributed by atoms with Crippen molar-refractivity contribution in [3.05, 3.63) is 72.8 Å². The topological polar surface area (TPSA) is 124 Å². The van der Waals surface area contributed by atoms with E-state index in [9.17, 15) is 18.0 Å². The maximum atomic E-state index is 12.1. The number of likely N-dealkylation sites (N-methyl/N-ethyl adjacent to an activating group) is 1. The van der Waals surface area contributed by atoms with Crippen LogP contribution < -0.4 is 10.2 Å². The second-order valence-corrected chi connectivity index (χ2v) is 8.26. The maximum Gasteiger partial charge on any atom is 0.328 e. The van der Waals surface area contributed by atoms with Gasteiger partial charge in [-0.15, -0.1) is 0 Å². The number of nitrogens with zero attached hydrogens (tertiary/aromatic N) is 1. The molecule has 0 unspecified atom stereocenters. The van der Waals surface area contributed by atoms with E-state index in [-0.39, 0.29) is 5.75 Å². The SMILES string of the molecule is CN(CCNCCS(=O)(=O)c1ccccc1)c1ccccc1.O=C(O)C=CC(=O)O. The molecule has 0 heterocycles. The zero-order valence-electron chi connectivity index (χ0n) is 16.6. The molecule has 0 saturated heterocycles. The number of benzene rings is 2. The molecule has 0 fully saturated rings. The lowest BCUT2D eigenvalue weighted by Gasteiger charge is -2.19. The van der Waals surface area contributed by atoms with E-state index < -0.39 is 21.8 Å². The predicted molar refractivity (Wildman–Crippen MR) is 115 cm³/mol. The summed E-state index contributed by atoms with van der Waals surface area (Å²) in [6.07, 6.45) is 1.12. The molecule has 0 aromatic heterocycles. The number of hydrogen-bond acceptors (Lipinski definition) is 6. The summed E-state index contributed by atoms with van der Waals surface area (Å²) in [6, 6.07) is 18.7. The Morgan fingerprint density at radius 3 is 1.90 bits per heavy atom. The van der Waals surface area contributed by atoms with Crippen molar-refractivity contribution in [1.29, 1.82) is 0 Å². The Balaban J connectivity index is 0.000000479. The van der Waals surface area contributed by atoms with E-state index in [1.54, 1.807) is 24.3 Å². The Labute approximate surface area is 176 Å². The summed E-state index contributed by atoms with van der Waals surface area (Å²) in [5.41, 5.74) is 1.15. The predicted octanol–water partition coefficient (Wildman–Crippen LogP) is 1.90. The van der Waals surface area contributed by atoms with E-state index >= 15 is 0 Å². The summed E-state index contributed by atoms with van der Waals surface area (Å²) in [6.45, 7) is 2.03. The third kappa shape index (κ3) is 10.4. The lowest BCUT2D eigenvalue weighted by Crippen LogP contribution is -2.31. The van der Waals surface area contributed by atoms with Crippen LogP contribution in [0.25, 0.3) is 0 Å². The number of carbonyl (C=O) groups is 2. The molecule has 30 heavy (non-hydrogen) atoms. The molecular formula is C21H26N2O6S. The quantitative estimate of drug-likeness (QED) is 0.383. The molecule has 0 radical (unpaired) electrons. The van der Waals surface area contributed by atoms with Gasteiger partial charge in [0.1, 0.15) is 0 Å². The Morgan fingerprint density at radius 2 is 1.40 bits per heavy atom. The van der Waals surface area contributed by atoms with Crippen LogP contribution in [0.2, 0.25) is 0 Å². The van der Waals surface area contributed by atoms with Crippen molar-refractivity contribution in [2.75, 3.05) is 37.3 Å². The number of sulfone groups is 1. The van der Waals surface area contributed by atoms with Gasteiger partial charge in [-0.2, -0.15) is 0 Å². The minimum Gasteiger partial charge on any atom is -0.478 e. The van der Waals surface area contributed by atoms with Crippen molar-refractivity contribution in [3.63, 3.8) is 0 Å².